The normalized spacial score (nSPS) is 39.1. The van der Waals surface area contributed by atoms with Crippen molar-refractivity contribution in [3.8, 4) is 0 Å². The van der Waals surface area contributed by atoms with E-state index in [1.165, 1.54) is 13.8 Å². The molecule has 0 amide bonds. The van der Waals surface area contributed by atoms with Crippen molar-refractivity contribution < 1.29 is 57.6 Å². The zero-order valence-electron chi connectivity index (χ0n) is 36.0. The molecule has 4 aliphatic carbocycles. The number of ether oxygens (including phenoxy) is 5. The lowest BCUT2D eigenvalue weighted by molar-refractivity contribution is -0.228. The summed E-state index contributed by atoms with van der Waals surface area (Å²) in [5, 5.41) is 12.5. The Balaban J connectivity index is 1.57. The number of aliphatic hydroxyl groups is 1. The van der Waals surface area contributed by atoms with E-state index in [9.17, 15) is 29.1 Å². The second-order valence-electron chi connectivity index (χ2n) is 19.7. The SMILES string of the molecule is CCCC(=O)O[C@H]1C[C@H]2[C@]3(C)C(=O)C[C@]4(C)[C@@H]([C@@](C)(O)C(=O)CCC(C)(C)OC(C)=O)[C@H](OC(=O)CCC)C[C@@]4(C)[C@@H]3C[C@H]3O[C@]32C(C)(C)[C@@H]1OC(=O)CCC. The molecule has 0 aromatic heterocycles. The molecule has 5 rings (SSSR count). The molecule has 0 radical (unpaired) electrons. The van der Waals surface area contributed by atoms with Crippen molar-refractivity contribution in [3.05, 3.63) is 0 Å². The van der Waals surface area contributed by atoms with Gasteiger partial charge in [0.15, 0.2) is 5.78 Å². The smallest absolute Gasteiger partial charge is 0.306 e. The quantitative estimate of drug-likeness (QED) is 0.105. The van der Waals surface area contributed by atoms with Crippen LogP contribution in [0.1, 0.15) is 160 Å². The van der Waals surface area contributed by atoms with Crippen molar-refractivity contribution in [2.24, 2.45) is 39.4 Å². The van der Waals surface area contributed by atoms with E-state index in [1.54, 1.807) is 13.8 Å². The Morgan fingerprint density at radius 1 is 0.768 bits per heavy atom. The van der Waals surface area contributed by atoms with E-state index in [1.807, 2.05) is 48.5 Å². The average Bonchev–Trinajstić information content (AvgIpc) is 3.76. The summed E-state index contributed by atoms with van der Waals surface area (Å²) in [7, 11) is 0. The third-order valence-electron chi connectivity index (χ3n) is 15.3. The van der Waals surface area contributed by atoms with Crippen LogP contribution in [0.4, 0.5) is 0 Å². The zero-order chi connectivity index (χ0) is 42.0. The van der Waals surface area contributed by atoms with Gasteiger partial charge < -0.3 is 28.8 Å². The maximum Gasteiger partial charge on any atom is 0.306 e. The Hall–Kier alpha value is -2.86. The Morgan fingerprint density at radius 3 is 1.84 bits per heavy atom. The fourth-order valence-corrected chi connectivity index (χ4v) is 12.6. The first kappa shape index (κ1) is 44.2. The number of carbonyl (C=O) groups is 6. The number of esters is 4. The van der Waals surface area contributed by atoms with Gasteiger partial charge in [-0.2, -0.15) is 0 Å². The number of hydrogen-bond donors (Lipinski definition) is 1. The molecule has 5 fully saturated rings. The van der Waals surface area contributed by atoms with Crippen LogP contribution in [0.25, 0.3) is 0 Å². The highest BCUT2D eigenvalue weighted by Crippen LogP contribution is 2.80. The van der Waals surface area contributed by atoms with Crippen LogP contribution in [0.15, 0.2) is 0 Å². The maximum absolute atomic E-state index is 15.3. The molecule has 0 aromatic carbocycles. The summed E-state index contributed by atoms with van der Waals surface area (Å²) in [4.78, 5) is 80.7. The summed E-state index contributed by atoms with van der Waals surface area (Å²) in [5.41, 5.74) is -7.32. The molecule has 1 heterocycles. The van der Waals surface area contributed by atoms with Crippen LogP contribution in [0.5, 0.6) is 0 Å². The number of fused-ring (bicyclic) bond motifs is 4. The van der Waals surface area contributed by atoms with Gasteiger partial charge in [-0.3, -0.25) is 28.8 Å². The Labute approximate surface area is 333 Å². The van der Waals surface area contributed by atoms with Crippen molar-refractivity contribution in [1.29, 1.82) is 0 Å². The van der Waals surface area contributed by atoms with Crippen LogP contribution in [-0.2, 0) is 52.5 Å². The van der Waals surface area contributed by atoms with Crippen molar-refractivity contribution >= 4 is 35.4 Å². The first-order chi connectivity index (χ1) is 25.8. The minimum atomic E-state index is -2.00. The summed E-state index contributed by atoms with van der Waals surface area (Å²) in [6, 6.07) is 0. The van der Waals surface area contributed by atoms with Gasteiger partial charge in [0.2, 0.25) is 0 Å². The highest BCUT2D eigenvalue weighted by Gasteiger charge is 2.85. The topological polar surface area (TPSA) is 172 Å². The molecule has 5 aliphatic rings. The first-order valence-corrected chi connectivity index (χ1v) is 21.1. The number of epoxide rings is 1. The van der Waals surface area contributed by atoms with E-state index in [0.717, 1.165) is 0 Å². The van der Waals surface area contributed by atoms with E-state index in [-0.39, 0.29) is 74.7 Å². The monoisotopic (exact) mass is 788 g/mol. The third kappa shape index (κ3) is 6.94. The van der Waals surface area contributed by atoms with Gasteiger partial charge in [-0.15, -0.1) is 0 Å². The molecule has 1 spiro atoms. The van der Waals surface area contributed by atoms with Gasteiger partial charge in [-0.25, -0.2) is 0 Å². The molecule has 316 valence electrons. The number of hydrogen-bond acceptors (Lipinski definition) is 12. The van der Waals surface area contributed by atoms with E-state index in [4.69, 9.17) is 23.7 Å². The summed E-state index contributed by atoms with van der Waals surface area (Å²) < 4.78 is 30.8. The summed E-state index contributed by atoms with van der Waals surface area (Å²) in [6.45, 7) is 21.9. The predicted molar refractivity (Wildman–Crippen MR) is 205 cm³/mol. The van der Waals surface area contributed by atoms with Crippen LogP contribution in [0.3, 0.4) is 0 Å². The summed E-state index contributed by atoms with van der Waals surface area (Å²) in [5.74, 6) is -3.83. The van der Waals surface area contributed by atoms with Gasteiger partial charge in [-0.1, -0.05) is 55.4 Å². The third-order valence-corrected chi connectivity index (χ3v) is 15.3. The van der Waals surface area contributed by atoms with Crippen molar-refractivity contribution in [1.82, 2.24) is 0 Å². The number of rotatable bonds is 15. The van der Waals surface area contributed by atoms with Gasteiger partial charge in [0, 0.05) is 61.7 Å². The average molecular weight is 789 g/mol. The number of ketones is 2. The lowest BCUT2D eigenvalue weighted by Crippen LogP contribution is -2.71. The molecule has 1 N–H and O–H groups in total. The van der Waals surface area contributed by atoms with Crippen LogP contribution >= 0.6 is 0 Å². The van der Waals surface area contributed by atoms with Gasteiger partial charge in [0.05, 0.1) is 6.10 Å². The Bertz CT molecular complexity index is 1600. The minimum Gasteiger partial charge on any atom is -0.462 e. The zero-order valence-corrected chi connectivity index (χ0v) is 36.0. The minimum absolute atomic E-state index is 0.0121. The van der Waals surface area contributed by atoms with Gasteiger partial charge in [0.25, 0.3) is 0 Å². The molecular formula is C44H68O12. The second kappa shape index (κ2) is 15.1. The maximum atomic E-state index is 15.3. The molecule has 56 heavy (non-hydrogen) atoms. The van der Waals surface area contributed by atoms with Gasteiger partial charge >= 0.3 is 23.9 Å². The van der Waals surface area contributed by atoms with Crippen molar-refractivity contribution in [2.75, 3.05) is 0 Å². The van der Waals surface area contributed by atoms with Crippen molar-refractivity contribution in [2.45, 2.75) is 201 Å². The summed E-state index contributed by atoms with van der Waals surface area (Å²) >= 11 is 0. The molecule has 12 atom stereocenters. The Morgan fingerprint density at radius 2 is 1.30 bits per heavy atom. The predicted octanol–water partition coefficient (Wildman–Crippen LogP) is 6.78. The molecule has 0 bridgehead atoms. The number of Topliss-reactive ketones (excluding diaryl/α,β-unsaturated/α-hetero) is 2. The van der Waals surface area contributed by atoms with Gasteiger partial charge in [-0.05, 0) is 82.5 Å². The van der Waals surface area contributed by atoms with E-state index < -0.39 is 86.3 Å². The lowest BCUT2D eigenvalue weighted by atomic mass is 9.36. The van der Waals surface area contributed by atoms with Gasteiger partial charge in [0.1, 0.15) is 40.9 Å². The van der Waals surface area contributed by atoms with E-state index >= 15 is 4.79 Å². The highest BCUT2D eigenvalue weighted by molar-refractivity contribution is 5.90. The second-order valence-corrected chi connectivity index (χ2v) is 19.7. The standard InChI is InChI=1S/C44H68O12/c1-13-16-33(48)52-26-21-29-42(11)28(22-32-44(29,56-32)39(7,8)37(26)54-35(50)18-15-3)40(9)23-27(53-34(49)17-14-2)36(41(40,10)24-31(42)47)43(12,51)30(46)19-20-38(5,6)55-25(4)45/h26-29,32,36-37,51H,13-24H2,1-12H3/t26-,27+,28-,29-,32+,36-,37+,40-,41+,42+,43-,44-/m0/s1. The highest BCUT2D eigenvalue weighted by atomic mass is 16.6. The first-order valence-electron chi connectivity index (χ1n) is 21.1. The largest absolute Gasteiger partial charge is 0.462 e. The van der Waals surface area contributed by atoms with Crippen LogP contribution in [-0.4, -0.2) is 81.8 Å². The fraction of sp³-hybridized carbons (Fsp3) is 0.864. The molecule has 4 saturated carbocycles. The Kier molecular flexibility index (Phi) is 11.9. The summed E-state index contributed by atoms with van der Waals surface area (Å²) in [6.07, 6.45) is 0.762. The molecule has 0 unspecified atom stereocenters. The van der Waals surface area contributed by atoms with Crippen LogP contribution in [0, 0.1) is 39.4 Å². The van der Waals surface area contributed by atoms with Crippen molar-refractivity contribution in [3.63, 3.8) is 0 Å². The fourth-order valence-electron chi connectivity index (χ4n) is 12.6. The molecule has 0 aromatic rings. The number of carbonyl (C=O) groups excluding carboxylic acids is 6. The van der Waals surface area contributed by atoms with Crippen LogP contribution in [0.2, 0.25) is 0 Å². The molecule has 12 heteroatoms. The molecular weight excluding hydrogens is 720 g/mol. The van der Waals surface area contributed by atoms with E-state index in [0.29, 0.717) is 32.1 Å². The molecule has 12 nitrogen and oxygen atoms in total. The molecule has 1 saturated heterocycles. The van der Waals surface area contributed by atoms with Crippen LogP contribution < -0.4 is 0 Å². The molecule has 1 aliphatic heterocycles. The lowest BCUT2D eigenvalue weighted by Gasteiger charge is -2.66. The van der Waals surface area contributed by atoms with E-state index in [2.05, 4.69) is 6.92 Å².